The van der Waals surface area contributed by atoms with E-state index in [0.29, 0.717) is 6.04 Å². The fourth-order valence-electron chi connectivity index (χ4n) is 1.12. The minimum Gasteiger partial charge on any atom is -0.385 e. The molecule has 0 aliphatic rings. The predicted molar refractivity (Wildman–Crippen MR) is 62.3 cm³/mol. The van der Waals surface area contributed by atoms with E-state index in [2.05, 4.69) is 19.2 Å². The maximum absolute atomic E-state index is 5.75. The molecule has 0 saturated carbocycles. The summed E-state index contributed by atoms with van der Waals surface area (Å²) < 4.78 is 20.7. The lowest BCUT2D eigenvalue weighted by Crippen LogP contribution is -2.23. The highest BCUT2D eigenvalue weighted by Crippen LogP contribution is 1.98. The van der Waals surface area contributed by atoms with Gasteiger partial charge in [-0.05, 0) is 19.4 Å². The molecule has 13 heavy (non-hydrogen) atoms. The van der Waals surface area contributed by atoms with Gasteiger partial charge < -0.3 is 10.1 Å². The maximum atomic E-state index is 5.75. The molecule has 0 aliphatic carbocycles. The van der Waals surface area contributed by atoms with Crippen LogP contribution in [-0.2, 0) is 4.74 Å². The molecule has 0 amide bonds. The van der Waals surface area contributed by atoms with Crippen molar-refractivity contribution in [1.82, 2.24) is 5.32 Å². The first-order valence-corrected chi connectivity index (χ1v) is 4.99. The Balaban J connectivity index is -0.000000376. The van der Waals surface area contributed by atoms with Gasteiger partial charge in [0.1, 0.15) is 0 Å². The number of rotatable bonds is 8. The first-order chi connectivity index (χ1) is 7.77. The second kappa shape index (κ2) is 11.9. The molecule has 0 heterocycles. The van der Waals surface area contributed by atoms with E-state index in [9.17, 15) is 0 Å². The third kappa shape index (κ3) is 14.7. The number of hydrogen-bond donors (Lipinski definition) is 1. The average molecular weight is 197 g/mol. The lowest BCUT2D eigenvalue weighted by molar-refractivity contribution is 0.192. The average Bonchev–Trinajstić information content (AvgIpc) is 2.33. The Morgan fingerprint density at radius 1 is 1.38 bits per heavy atom. The van der Waals surface area contributed by atoms with Gasteiger partial charge in [0.25, 0.3) is 0 Å². The highest BCUT2D eigenvalue weighted by Gasteiger charge is 1.92. The summed E-state index contributed by atoms with van der Waals surface area (Å²) in [5, 5.41) is 3.41. The number of methoxy groups -OCH3 is 1. The molecule has 0 unspecified atom stereocenters. The van der Waals surface area contributed by atoms with Crippen LogP contribution in [0.15, 0.2) is 0 Å². The fraction of sp³-hybridized carbons (Fsp3) is 1.00. The molecular formula is C11H29NO. The first kappa shape index (κ1) is 11.0. The van der Waals surface area contributed by atoms with Gasteiger partial charge in [-0.25, -0.2) is 0 Å². The molecule has 1 N–H and O–H groups in total. The van der Waals surface area contributed by atoms with E-state index >= 15 is 0 Å². The Morgan fingerprint density at radius 3 is 2.54 bits per heavy atom. The molecule has 0 bridgehead atoms. The van der Waals surface area contributed by atoms with E-state index in [4.69, 9.17) is 9.08 Å². The molecule has 0 aromatic carbocycles. The molecule has 0 saturated heterocycles. The normalized spacial score (nSPS) is 11.3. The van der Waals surface area contributed by atoms with Crippen LogP contribution in [-0.4, -0.2) is 26.3 Å². The second-order valence-electron chi connectivity index (χ2n) is 3.52. The Morgan fingerprint density at radius 2 is 2.00 bits per heavy atom. The largest absolute Gasteiger partial charge is 0.385 e. The molecule has 0 atom stereocenters. The summed E-state index contributed by atoms with van der Waals surface area (Å²) in [4.78, 5) is 0. The zero-order chi connectivity index (χ0) is 13.2. The summed E-state index contributed by atoms with van der Waals surface area (Å²) in [6.07, 6.45) is 5.12. The molecule has 0 aliphatic heterocycles. The number of hydrogen-bond acceptors (Lipinski definition) is 2. The summed E-state index contributed by atoms with van der Waals surface area (Å²) in [6.45, 7) is 6.44. The number of unbranched alkanes of at least 4 members (excludes halogenated alkanes) is 3. The van der Waals surface area contributed by atoms with E-state index in [1.54, 1.807) is 7.11 Å². The number of nitrogens with one attached hydrogen (secondary N) is 1. The van der Waals surface area contributed by atoms with Gasteiger partial charge in [-0.3, -0.25) is 0 Å². The lowest BCUT2D eigenvalue weighted by atomic mass is 10.2. The molecule has 0 rings (SSSR count). The molecule has 0 aromatic rings. The van der Waals surface area contributed by atoms with Gasteiger partial charge in [-0.2, -0.15) is 0 Å². The van der Waals surface area contributed by atoms with Crippen LogP contribution in [0.1, 0.15) is 51.3 Å². The van der Waals surface area contributed by atoms with Gasteiger partial charge in [0.15, 0.2) is 0 Å². The maximum Gasteiger partial charge on any atom is 0.0462 e. The van der Waals surface area contributed by atoms with Crippen molar-refractivity contribution < 1.29 is 9.08 Å². The SMILES string of the molecule is COCCCCCCNC(C)C.[3H]C.[3H][3H]. The number of ether oxygens (including phenoxy) is 1. The smallest absolute Gasteiger partial charge is 0.0462 e. The van der Waals surface area contributed by atoms with Crippen LogP contribution in [0.3, 0.4) is 0 Å². The van der Waals surface area contributed by atoms with Crippen molar-refractivity contribution in [2.45, 2.75) is 53.0 Å². The standard InChI is InChI=1S/C10H23NO.CH4.H2/c1-10(2)11-8-6-4-5-7-9-12-3;;/h10-11H,4-9H2,1-3H3;1H4;1H/i;1T;1+2T. The monoisotopic (exact) mass is 197 g/mol. The van der Waals surface area contributed by atoms with Crippen molar-refractivity contribution in [3.63, 3.8) is 0 Å². The molecule has 0 radical (unpaired) electrons. The summed E-state index contributed by atoms with van der Waals surface area (Å²) in [5.74, 6) is 0. The lowest BCUT2D eigenvalue weighted by Gasteiger charge is -2.06. The molecule has 2 heteroatoms. The van der Waals surface area contributed by atoms with Crippen LogP contribution in [0.4, 0.5) is 0 Å². The van der Waals surface area contributed by atoms with Crippen molar-refractivity contribution in [3.8, 4) is 0 Å². The van der Waals surface area contributed by atoms with Gasteiger partial charge in [-0.1, -0.05) is 34.1 Å². The summed E-state index contributed by atoms with van der Waals surface area (Å²) in [5.41, 5.74) is 0. The minimum atomic E-state index is 0.629. The summed E-state index contributed by atoms with van der Waals surface area (Å²) >= 11 is 0. The molecular weight excluding hydrogens is 162 g/mol. The third-order valence-electron chi connectivity index (χ3n) is 1.83. The Hall–Kier alpha value is -0.0800. The van der Waals surface area contributed by atoms with Crippen LogP contribution in [0.2, 0.25) is 0 Å². The Labute approximate surface area is 88.5 Å². The molecule has 0 spiro atoms. The van der Waals surface area contributed by atoms with Gasteiger partial charge in [0, 0.05) is 24.1 Å². The van der Waals surface area contributed by atoms with Crippen LogP contribution in [0.5, 0.6) is 0 Å². The molecule has 0 fully saturated rings. The van der Waals surface area contributed by atoms with Crippen LogP contribution < -0.4 is 5.32 Å². The fourth-order valence-corrected chi connectivity index (χ4v) is 1.12. The van der Waals surface area contributed by atoms with Crippen LogP contribution in [0.25, 0.3) is 0 Å². The van der Waals surface area contributed by atoms with Crippen molar-refractivity contribution in [2.24, 2.45) is 0 Å². The minimum absolute atomic E-state index is 0.629. The molecule has 2 nitrogen and oxygen atoms in total. The zero-order valence-electron chi connectivity index (χ0n) is 12.7. The van der Waals surface area contributed by atoms with Crippen molar-refractivity contribution >= 4 is 0 Å². The highest BCUT2D eigenvalue weighted by atomic mass is 16.5. The van der Waals surface area contributed by atoms with Crippen LogP contribution >= 0.6 is 0 Å². The van der Waals surface area contributed by atoms with Crippen LogP contribution in [0, 0.1) is 0 Å². The zero-order valence-corrected chi connectivity index (χ0v) is 9.73. The predicted octanol–water partition coefficient (Wildman–Crippen LogP) is 3.07. The Kier molecular flexibility index (Phi) is 10.1. The first-order valence-electron chi connectivity index (χ1n) is 6.99. The van der Waals surface area contributed by atoms with Crippen molar-refractivity contribution in [3.05, 3.63) is 0 Å². The molecule has 84 valence electrons. The van der Waals surface area contributed by atoms with Crippen molar-refractivity contribution in [1.29, 1.82) is 0 Å². The third-order valence-corrected chi connectivity index (χ3v) is 1.83. The quantitative estimate of drug-likeness (QED) is 0.604. The van der Waals surface area contributed by atoms with Gasteiger partial charge in [0.2, 0.25) is 0 Å². The summed E-state index contributed by atoms with van der Waals surface area (Å²) in [6, 6.07) is 0.629. The highest BCUT2D eigenvalue weighted by molar-refractivity contribution is 4.52. The second-order valence-corrected chi connectivity index (χ2v) is 3.52. The summed E-state index contributed by atoms with van der Waals surface area (Å²) in [7, 11) is 3.01. The van der Waals surface area contributed by atoms with Gasteiger partial charge >= 0.3 is 0 Å². The molecule has 0 aromatic heterocycles. The van der Waals surface area contributed by atoms with Gasteiger partial charge in [0.05, 0.1) is 0 Å². The van der Waals surface area contributed by atoms with E-state index in [1.807, 2.05) is 0 Å². The van der Waals surface area contributed by atoms with E-state index in [-0.39, 0.29) is 0 Å². The van der Waals surface area contributed by atoms with E-state index < -0.39 is 0 Å². The van der Waals surface area contributed by atoms with E-state index in [1.165, 1.54) is 33.1 Å². The van der Waals surface area contributed by atoms with Crippen molar-refractivity contribution in [2.75, 3.05) is 20.3 Å². The van der Waals surface area contributed by atoms with E-state index in [0.717, 1.165) is 13.2 Å². The topological polar surface area (TPSA) is 21.3 Å². The van der Waals surface area contributed by atoms with Gasteiger partial charge in [-0.15, -0.1) is 0 Å². The Bertz CT molecular complexity index is 95.3.